The first-order valence-electron chi connectivity index (χ1n) is 6.94. The average Bonchev–Trinajstić information content (AvgIpc) is 3.01. The Labute approximate surface area is 105 Å². The minimum Gasteiger partial charge on any atom is -0.378 e. The number of nitriles is 1. The largest absolute Gasteiger partial charge is 0.378 e. The molecule has 17 heavy (non-hydrogen) atoms. The van der Waals surface area contributed by atoms with Crippen molar-refractivity contribution in [2.45, 2.75) is 70.1 Å². The fraction of sp³-hybridized carbons (Fsp3) is 0.929. The van der Waals surface area contributed by atoms with Crippen molar-refractivity contribution in [2.24, 2.45) is 5.92 Å². The minimum atomic E-state index is -0.335. The summed E-state index contributed by atoms with van der Waals surface area (Å²) < 4.78 is 5.90. The van der Waals surface area contributed by atoms with Crippen molar-refractivity contribution in [3.63, 3.8) is 0 Å². The number of nitrogens with zero attached hydrogens (tertiary/aromatic N) is 1. The van der Waals surface area contributed by atoms with Gasteiger partial charge in [-0.3, -0.25) is 5.32 Å². The molecule has 2 unspecified atom stereocenters. The van der Waals surface area contributed by atoms with E-state index in [9.17, 15) is 5.26 Å². The highest BCUT2D eigenvalue weighted by molar-refractivity contribution is 5.12. The summed E-state index contributed by atoms with van der Waals surface area (Å²) in [5.74, 6) is 0.936. The first kappa shape index (κ1) is 12.9. The average molecular weight is 236 g/mol. The SMILES string of the molecule is CC(C)NC1(C#N)CCC(OCCC2CC2)C1. The Kier molecular flexibility index (Phi) is 4.06. The first-order valence-corrected chi connectivity index (χ1v) is 6.94. The Hall–Kier alpha value is -0.590. The molecule has 0 heterocycles. The predicted octanol–water partition coefficient (Wildman–Crippen LogP) is 2.62. The molecule has 2 atom stereocenters. The Balaban J connectivity index is 1.74. The normalized spacial score (nSPS) is 32.9. The van der Waals surface area contributed by atoms with Crippen LogP contribution in [0.3, 0.4) is 0 Å². The highest BCUT2D eigenvalue weighted by Gasteiger charge is 2.40. The third-order valence-corrected chi connectivity index (χ3v) is 3.82. The maximum atomic E-state index is 9.34. The van der Waals surface area contributed by atoms with E-state index in [0.717, 1.165) is 31.8 Å². The smallest absolute Gasteiger partial charge is 0.109 e. The second-order valence-corrected chi connectivity index (χ2v) is 5.96. The zero-order chi connectivity index (χ0) is 12.3. The quantitative estimate of drug-likeness (QED) is 0.771. The number of hydrogen-bond acceptors (Lipinski definition) is 3. The number of ether oxygens (including phenoxy) is 1. The van der Waals surface area contributed by atoms with Crippen LogP contribution in [-0.2, 0) is 4.74 Å². The minimum absolute atomic E-state index is 0.291. The molecule has 0 aromatic heterocycles. The van der Waals surface area contributed by atoms with Gasteiger partial charge in [0.15, 0.2) is 0 Å². The van der Waals surface area contributed by atoms with Gasteiger partial charge < -0.3 is 4.74 Å². The van der Waals surface area contributed by atoms with Gasteiger partial charge in [-0.2, -0.15) is 5.26 Å². The van der Waals surface area contributed by atoms with Crippen LogP contribution in [0.4, 0.5) is 0 Å². The lowest BCUT2D eigenvalue weighted by Gasteiger charge is -2.25. The summed E-state index contributed by atoms with van der Waals surface area (Å²) in [6, 6.07) is 2.82. The molecule has 2 aliphatic carbocycles. The summed E-state index contributed by atoms with van der Waals surface area (Å²) >= 11 is 0. The molecule has 96 valence electrons. The molecule has 0 amide bonds. The van der Waals surface area contributed by atoms with Crippen molar-refractivity contribution >= 4 is 0 Å². The summed E-state index contributed by atoms with van der Waals surface area (Å²) in [5.41, 5.74) is -0.335. The van der Waals surface area contributed by atoms with Crippen molar-refractivity contribution in [3.05, 3.63) is 0 Å². The number of nitrogens with one attached hydrogen (secondary N) is 1. The van der Waals surface area contributed by atoms with Crippen LogP contribution in [0.1, 0.15) is 52.4 Å². The van der Waals surface area contributed by atoms with Gasteiger partial charge in [0.1, 0.15) is 5.54 Å². The monoisotopic (exact) mass is 236 g/mol. The van der Waals surface area contributed by atoms with E-state index in [1.165, 1.54) is 19.3 Å². The number of rotatable bonds is 6. The lowest BCUT2D eigenvalue weighted by molar-refractivity contribution is 0.0505. The Morgan fingerprint density at radius 3 is 2.76 bits per heavy atom. The van der Waals surface area contributed by atoms with Gasteiger partial charge in [-0.05, 0) is 39.0 Å². The molecule has 2 aliphatic rings. The van der Waals surface area contributed by atoms with Crippen LogP contribution in [0.25, 0.3) is 0 Å². The van der Waals surface area contributed by atoms with Crippen LogP contribution in [0, 0.1) is 17.2 Å². The van der Waals surface area contributed by atoms with Crippen LogP contribution in [0.2, 0.25) is 0 Å². The molecular formula is C14H24N2O. The first-order chi connectivity index (χ1) is 8.13. The van der Waals surface area contributed by atoms with Gasteiger partial charge in [0.2, 0.25) is 0 Å². The molecule has 3 nitrogen and oxygen atoms in total. The Bertz CT molecular complexity index is 293. The molecule has 2 saturated carbocycles. The van der Waals surface area contributed by atoms with E-state index in [1.54, 1.807) is 0 Å². The summed E-state index contributed by atoms with van der Waals surface area (Å²) in [5, 5.41) is 12.7. The third-order valence-electron chi connectivity index (χ3n) is 3.82. The van der Waals surface area contributed by atoms with E-state index in [0.29, 0.717) is 12.1 Å². The van der Waals surface area contributed by atoms with Crippen LogP contribution in [0.5, 0.6) is 0 Å². The van der Waals surface area contributed by atoms with Gasteiger partial charge >= 0.3 is 0 Å². The fourth-order valence-corrected chi connectivity index (χ4v) is 2.77. The maximum Gasteiger partial charge on any atom is 0.109 e. The maximum absolute atomic E-state index is 9.34. The Morgan fingerprint density at radius 2 is 2.18 bits per heavy atom. The third kappa shape index (κ3) is 3.69. The van der Waals surface area contributed by atoms with E-state index >= 15 is 0 Å². The summed E-state index contributed by atoms with van der Waals surface area (Å²) in [6.45, 7) is 5.08. The van der Waals surface area contributed by atoms with E-state index in [-0.39, 0.29) is 5.54 Å². The second-order valence-electron chi connectivity index (χ2n) is 5.96. The molecule has 0 saturated heterocycles. The molecule has 0 radical (unpaired) electrons. The molecule has 2 fully saturated rings. The van der Waals surface area contributed by atoms with Crippen molar-refractivity contribution in [1.82, 2.24) is 5.32 Å². The fourth-order valence-electron chi connectivity index (χ4n) is 2.77. The lowest BCUT2D eigenvalue weighted by atomic mass is 9.98. The molecule has 0 spiro atoms. The van der Waals surface area contributed by atoms with Crippen molar-refractivity contribution in [2.75, 3.05) is 6.61 Å². The van der Waals surface area contributed by atoms with Crippen molar-refractivity contribution in [3.8, 4) is 6.07 Å². The van der Waals surface area contributed by atoms with Gasteiger partial charge in [0.05, 0.1) is 12.2 Å². The predicted molar refractivity (Wildman–Crippen MR) is 67.5 cm³/mol. The lowest BCUT2D eigenvalue weighted by Crippen LogP contribution is -2.45. The second kappa shape index (κ2) is 5.37. The van der Waals surface area contributed by atoms with Crippen LogP contribution >= 0.6 is 0 Å². The molecule has 0 aliphatic heterocycles. The zero-order valence-electron chi connectivity index (χ0n) is 11.0. The standard InChI is InChI=1S/C14H24N2O/c1-11(2)16-14(10-15)7-5-13(9-14)17-8-6-12-3-4-12/h11-13,16H,3-9H2,1-2H3. The summed E-state index contributed by atoms with van der Waals surface area (Å²) in [4.78, 5) is 0. The summed E-state index contributed by atoms with van der Waals surface area (Å²) in [7, 11) is 0. The van der Waals surface area contributed by atoms with Crippen molar-refractivity contribution < 1.29 is 4.74 Å². The van der Waals surface area contributed by atoms with E-state index < -0.39 is 0 Å². The van der Waals surface area contributed by atoms with Gasteiger partial charge in [0.25, 0.3) is 0 Å². The number of hydrogen-bond donors (Lipinski definition) is 1. The topological polar surface area (TPSA) is 45.0 Å². The molecule has 3 heteroatoms. The molecule has 0 bridgehead atoms. The Morgan fingerprint density at radius 1 is 1.41 bits per heavy atom. The molecule has 1 N–H and O–H groups in total. The highest BCUT2D eigenvalue weighted by Crippen LogP contribution is 2.34. The van der Waals surface area contributed by atoms with Gasteiger partial charge in [0, 0.05) is 19.1 Å². The molecule has 0 aromatic carbocycles. The van der Waals surface area contributed by atoms with Gasteiger partial charge in [-0.1, -0.05) is 12.8 Å². The molecule has 0 aromatic rings. The van der Waals surface area contributed by atoms with E-state index in [2.05, 4.69) is 25.2 Å². The van der Waals surface area contributed by atoms with E-state index in [1.807, 2.05) is 0 Å². The van der Waals surface area contributed by atoms with Crippen LogP contribution < -0.4 is 5.32 Å². The van der Waals surface area contributed by atoms with E-state index in [4.69, 9.17) is 4.74 Å². The highest BCUT2D eigenvalue weighted by atomic mass is 16.5. The zero-order valence-corrected chi connectivity index (χ0v) is 11.0. The van der Waals surface area contributed by atoms with Crippen LogP contribution in [-0.4, -0.2) is 24.3 Å². The summed E-state index contributed by atoms with van der Waals surface area (Å²) in [6.07, 6.45) is 7.10. The van der Waals surface area contributed by atoms with Crippen LogP contribution in [0.15, 0.2) is 0 Å². The van der Waals surface area contributed by atoms with Crippen molar-refractivity contribution in [1.29, 1.82) is 5.26 Å². The molecule has 2 rings (SSSR count). The van der Waals surface area contributed by atoms with Gasteiger partial charge in [-0.25, -0.2) is 0 Å². The van der Waals surface area contributed by atoms with Gasteiger partial charge in [-0.15, -0.1) is 0 Å². The molecular weight excluding hydrogens is 212 g/mol.